The van der Waals surface area contributed by atoms with Crippen molar-refractivity contribution in [3.05, 3.63) is 59.7 Å². The zero-order valence-electron chi connectivity index (χ0n) is 13.5. The number of amides is 1. The average Bonchev–Trinajstić information content (AvgIpc) is 2.92. The Morgan fingerprint density at radius 1 is 1.17 bits per heavy atom. The summed E-state index contributed by atoms with van der Waals surface area (Å²) in [4.78, 5) is 12.0. The fourth-order valence-corrected chi connectivity index (χ4v) is 3.21. The van der Waals surface area contributed by atoms with Crippen LogP contribution in [0.15, 0.2) is 48.5 Å². The molecule has 0 heterocycles. The first-order valence-electron chi connectivity index (χ1n) is 7.99. The van der Waals surface area contributed by atoms with Crippen molar-refractivity contribution in [3.63, 3.8) is 0 Å². The molecule has 0 aliphatic heterocycles. The molecule has 2 N–H and O–H groups in total. The third-order valence-electron chi connectivity index (χ3n) is 4.22. The fourth-order valence-electron chi connectivity index (χ4n) is 3.12. The molecule has 1 amide bonds. The number of rotatable bonds is 6. The average molecular weight is 340 g/mol. The lowest BCUT2D eigenvalue weighted by atomic mass is 9.98. The quantitative estimate of drug-likeness (QED) is 0.791. The van der Waals surface area contributed by atoms with E-state index in [1.165, 1.54) is 27.7 Å². The van der Waals surface area contributed by atoms with E-state index in [1.807, 2.05) is 31.2 Å². The van der Waals surface area contributed by atoms with Crippen LogP contribution in [-0.4, -0.2) is 30.8 Å². The highest BCUT2D eigenvalue weighted by molar-refractivity contribution is 7.78. The maximum atomic E-state index is 12.0. The number of ether oxygens (including phenoxy) is 1. The van der Waals surface area contributed by atoms with Crippen molar-refractivity contribution in [1.82, 2.24) is 10.6 Å². The fraction of sp³-hybridized carbons (Fsp3) is 0.263. The number of alkyl carbamates (subject to hydrolysis) is 1. The van der Waals surface area contributed by atoms with Crippen molar-refractivity contribution >= 4 is 23.8 Å². The van der Waals surface area contributed by atoms with Crippen molar-refractivity contribution < 1.29 is 9.53 Å². The zero-order valence-corrected chi connectivity index (χ0v) is 14.3. The summed E-state index contributed by atoms with van der Waals surface area (Å²) in [7, 11) is 0. The van der Waals surface area contributed by atoms with E-state index in [0.717, 1.165) is 0 Å². The standard InChI is InChI=1S/C19H20N2O2S/c1-13(10-20-12-24)21-19(22)23-11-18-16-8-4-2-6-14(16)15-7-3-5-9-17(15)18/h2-9,12-13,18H,10-11H2,1H3,(H,20,24)(H,21,22)/t13-/m0/s1. The predicted octanol–water partition coefficient (Wildman–Crippen LogP) is 3.46. The zero-order chi connectivity index (χ0) is 16.9. The van der Waals surface area contributed by atoms with Gasteiger partial charge in [0.05, 0.1) is 5.49 Å². The molecule has 1 aliphatic carbocycles. The Morgan fingerprint density at radius 2 is 1.75 bits per heavy atom. The summed E-state index contributed by atoms with van der Waals surface area (Å²) in [6.45, 7) is 2.80. The highest BCUT2D eigenvalue weighted by atomic mass is 32.1. The van der Waals surface area contributed by atoms with E-state index < -0.39 is 6.09 Å². The van der Waals surface area contributed by atoms with Gasteiger partial charge in [0.2, 0.25) is 0 Å². The van der Waals surface area contributed by atoms with Gasteiger partial charge in [0.1, 0.15) is 6.61 Å². The largest absolute Gasteiger partial charge is 0.449 e. The molecule has 2 aromatic rings. The van der Waals surface area contributed by atoms with Gasteiger partial charge >= 0.3 is 6.09 Å². The Kier molecular flexibility index (Phi) is 5.11. The first-order valence-corrected chi connectivity index (χ1v) is 8.46. The van der Waals surface area contributed by atoms with E-state index in [9.17, 15) is 4.79 Å². The molecule has 0 bridgehead atoms. The van der Waals surface area contributed by atoms with Gasteiger partial charge in [-0.3, -0.25) is 0 Å². The van der Waals surface area contributed by atoms with E-state index in [2.05, 4.69) is 34.9 Å². The summed E-state index contributed by atoms with van der Waals surface area (Å²) in [6.07, 6.45) is -0.407. The Balaban J connectivity index is 1.67. The second kappa shape index (κ2) is 7.45. The lowest BCUT2D eigenvalue weighted by molar-refractivity contribution is 0.140. The van der Waals surface area contributed by atoms with Crippen molar-refractivity contribution in [1.29, 1.82) is 0 Å². The Hall–Kier alpha value is -2.40. The summed E-state index contributed by atoms with van der Waals surface area (Å²) in [5.41, 5.74) is 6.31. The van der Waals surface area contributed by atoms with Crippen LogP contribution in [0.4, 0.5) is 4.79 Å². The summed E-state index contributed by atoms with van der Waals surface area (Å²) in [5.74, 6) is 0.0811. The monoisotopic (exact) mass is 340 g/mol. The number of benzene rings is 2. The molecule has 124 valence electrons. The van der Waals surface area contributed by atoms with E-state index in [0.29, 0.717) is 13.2 Å². The van der Waals surface area contributed by atoms with Crippen LogP contribution >= 0.6 is 12.2 Å². The smallest absolute Gasteiger partial charge is 0.407 e. The van der Waals surface area contributed by atoms with Crippen molar-refractivity contribution in [2.45, 2.75) is 18.9 Å². The van der Waals surface area contributed by atoms with Gasteiger partial charge in [-0.2, -0.15) is 0 Å². The van der Waals surface area contributed by atoms with Gasteiger partial charge in [-0.15, -0.1) is 0 Å². The predicted molar refractivity (Wildman–Crippen MR) is 99.3 cm³/mol. The van der Waals surface area contributed by atoms with Crippen LogP contribution in [0.2, 0.25) is 0 Å². The van der Waals surface area contributed by atoms with Gasteiger partial charge in [0.15, 0.2) is 0 Å². The highest BCUT2D eigenvalue weighted by Gasteiger charge is 2.29. The molecule has 1 atom stereocenters. The number of hydrogen-bond acceptors (Lipinski definition) is 3. The summed E-state index contributed by atoms with van der Waals surface area (Å²) >= 11 is 4.70. The van der Waals surface area contributed by atoms with Crippen LogP contribution in [0.3, 0.4) is 0 Å². The third kappa shape index (κ3) is 3.41. The van der Waals surface area contributed by atoms with Crippen molar-refractivity contribution in [2.75, 3.05) is 13.2 Å². The molecule has 0 saturated heterocycles. The van der Waals surface area contributed by atoms with Gasteiger partial charge in [-0.25, -0.2) is 4.79 Å². The SMILES string of the molecule is C[C@@H](CNC=S)NC(=O)OCC1c2ccccc2-c2ccccc21. The highest BCUT2D eigenvalue weighted by Crippen LogP contribution is 2.44. The minimum absolute atomic E-state index is 0.0557. The van der Waals surface area contributed by atoms with Crippen molar-refractivity contribution in [2.24, 2.45) is 0 Å². The van der Waals surface area contributed by atoms with Crippen LogP contribution in [0.5, 0.6) is 0 Å². The molecule has 0 spiro atoms. The van der Waals surface area contributed by atoms with Gasteiger partial charge in [0.25, 0.3) is 0 Å². The molecule has 3 rings (SSSR count). The number of carbonyl (C=O) groups excluding carboxylic acids is 1. The molecule has 1 aliphatic rings. The second-order valence-corrected chi connectivity index (χ2v) is 6.13. The summed E-state index contributed by atoms with van der Waals surface area (Å²) in [6, 6.07) is 16.5. The molecular formula is C19H20N2O2S. The normalized spacial score (nSPS) is 13.5. The molecule has 0 fully saturated rings. The van der Waals surface area contributed by atoms with Crippen LogP contribution in [0.25, 0.3) is 11.1 Å². The number of thiocarbonyl (C=S) groups is 1. The molecule has 4 nitrogen and oxygen atoms in total. The molecular weight excluding hydrogens is 320 g/mol. The summed E-state index contributed by atoms with van der Waals surface area (Å²) in [5, 5.41) is 5.69. The van der Waals surface area contributed by atoms with Crippen LogP contribution < -0.4 is 10.6 Å². The molecule has 5 heteroatoms. The first kappa shape index (κ1) is 16.5. The lowest BCUT2D eigenvalue weighted by Crippen LogP contribution is -2.40. The van der Waals surface area contributed by atoms with E-state index in [4.69, 9.17) is 17.0 Å². The van der Waals surface area contributed by atoms with Crippen molar-refractivity contribution in [3.8, 4) is 11.1 Å². The minimum atomic E-state index is -0.407. The topological polar surface area (TPSA) is 50.4 Å². The number of carbonyl (C=O) groups is 1. The maximum absolute atomic E-state index is 12.0. The molecule has 0 radical (unpaired) electrons. The van der Waals surface area contributed by atoms with Gasteiger partial charge in [-0.05, 0) is 29.2 Å². The minimum Gasteiger partial charge on any atom is -0.449 e. The molecule has 24 heavy (non-hydrogen) atoms. The van der Waals surface area contributed by atoms with Crippen LogP contribution in [0.1, 0.15) is 24.0 Å². The summed E-state index contributed by atoms with van der Waals surface area (Å²) < 4.78 is 5.48. The molecule has 0 saturated carbocycles. The van der Waals surface area contributed by atoms with E-state index in [1.54, 1.807) is 0 Å². The van der Waals surface area contributed by atoms with E-state index in [-0.39, 0.29) is 12.0 Å². The van der Waals surface area contributed by atoms with Gasteiger partial charge in [-0.1, -0.05) is 60.7 Å². The first-order chi connectivity index (χ1) is 11.7. The molecule has 0 unspecified atom stereocenters. The Morgan fingerprint density at radius 3 is 2.33 bits per heavy atom. The van der Waals surface area contributed by atoms with E-state index >= 15 is 0 Å². The third-order valence-corrected chi connectivity index (χ3v) is 4.38. The molecule has 0 aromatic heterocycles. The Labute approximate surface area is 147 Å². The number of hydrogen-bond donors (Lipinski definition) is 2. The van der Waals surface area contributed by atoms with Gasteiger partial charge < -0.3 is 15.4 Å². The molecule has 2 aromatic carbocycles. The van der Waals surface area contributed by atoms with Crippen LogP contribution in [-0.2, 0) is 4.74 Å². The number of fused-ring (bicyclic) bond motifs is 3. The Bertz CT molecular complexity index is 702. The van der Waals surface area contributed by atoms with Gasteiger partial charge in [0, 0.05) is 18.5 Å². The lowest BCUT2D eigenvalue weighted by Gasteiger charge is -2.17. The van der Waals surface area contributed by atoms with Crippen LogP contribution in [0, 0.1) is 0 Å². The second-order valence-electron chi connectivity index (χ2n) is 5.90. The number of nitrogens with one attached hydrogen (secondary N) is 2. The maximum Gasteiger partial charge on any atom is 0.407 e.